The van der Waals surface area contributed by atoms with E-state index in [1.54, 1.807) is 23.9 Å². The number of aromatic nitrogens is 2. The van der Waals surface area contributed by atoms with Crippen LogP contribution in [0.5, 0.6) is 0 Å². The standard InChI is InChI=1S/C21H20ClFN2OS/c1-13-11-20-17(9-10-26-13)21(14-3-6-16(27-2)7-4-14)24-25(20)15-5-8-19(23)18(22)12-15/h3-8,12-13H,9-11H2,1-2H3/t13-/m1/s1. The Morgan fingerprint density at radius 1 is 1.22 bits per heavy atom. The maximum Gasteiger partial charge on any atom is 0.141 e. The van der Waals surface area contributed by atoms with Crippen molar-refractivity contribution >= 4 is 23.4 Å². The summed E-state index contributed by atoms with van der Waals surface area (Å²) >= 11 is 7.74. The average Bonchev–Trinajstić information content (AvgIpc) is 2.90. The molecule has 6 heteroatoms. The van der Waals surface area contributed by atoms with Crippen LogP contribution in [0.3, 0.4) is 0 Å². The van der Waals surface area contributed by atoms with Crippen LogP contribution in [0, 0.1) is 5.82 Å². The lowest BCUT2D eigenvalue weighted by molar-refractivity contribution is 0.0735. The Kier molecular flexibility index (Phi) is 5.26. The maximum absolute atomic E-state index is 13.6. The summed E-state index contributed by atoms with van der Waals surface area (Å²) in [5, 5.41) is 5.01. The lowest BCUT2D eigenvalue weighted by Gasteiger charge is -2.11. The van der Waals surface area contributed by atoms with Crippen LogP contribution in [-0.4, -0.2) is 28.7 Å². The van der Waals surface area contributed by atoms with Gasteiger partial charge in [-0.2, -0.15) is 5.10 Å². The number of nitrogens with zero attached hydrogens (tertiary/aromatic N) is 2. The number of thioether (sulfide) groups is 1. The summed E-state index contributed by atoms with van der Waals surface area (Å²) in [7, 11) is 0. The summed E-state index contributed by atoms with van der Waals surface area (Å²) in [6, 6.07) is 13.1. The summed E-state index contributed by atoms with van der Waals surface area (Å²) in [6.07, 6.45) is 3.71. The van der Waals surface area contributed by atoms with Gasteiger partial charge >= 0.3 is 0 Å². The zero-order valence-corrected chi connectivity index (χ0v) is 16.8. The first-order valence-electron chi connectivity index (χ1n) is 8.89. The average molecular weight is 403 g/mol. The predicted octanol–water partition coefficient (Wildman–Crippen LogP) is 5.56. The molecule has 0 N–H and O–H groups in total. The molecule has 0 unspecified atom stereocenters. The van der Waals surface area contributed by atoms with Gasteiger partial charge in [-0.3, -0.25) is 0 Å². The van der Waals surface area contributed by atoms with Crippen molar-refractivity contribution in [3.05, 3.63) is 64.6 Å². The molecule has 1 aromatic heterocycles. The molecule has 0 spiro atoms. The Bertz CT molecular complexity index is 971. The van der Waals surface area contributed by atoms with E-state index in [1.807, 2.05) is 4.68 Å². The van der Waals surface area contributed by atoms with Gasteiger partial charge < -0.3 is 4.74 Å². The molecule has 1 atom stereocenters. The summed E-state index contributed by atoms with van der Waals surface area (Å²) in [4.78, 5) is 1.21. The fourth-order valence-corrected chi connectivity index (χ4v) is 4.05. The number of fused-ring (bicyclic) bond motifs is 1. The maximum atomic E-state index is 13.6. The van der Waals surface area contributed by atoms with Gasteiger partial charge in [0.2, 0.25) is 0 Å². The van der Waals surface area contributed by atoms with Gasteiger partial charge in [-0.1, -0.05) is 23.7 Å². The molecular formula is C21H20ClFN2OS. The minimum atomic E-state index is -0.428. The minimum Gasteiger partial charge on any atom is -0.378 e. The van der Waals surface area contributed by atoms with E-state index in [0.29, 0.717) is 6.61 Å². The molecule has 140 valence electrons. The SMILES string of the molecule is CSc1ccc(-c2nn(-c3ccc(F)c(Cl)c3)c3c2CCO[C@H](C)C3)cc1. The molecule has 0 saturated heterocycles. The van der Waals surface area contributed by atoms with Crippen LogP contribution >= 0.6 is 23.4 Å². The van der Waals surface area contributed by atoms with Crippen LogP contribution in [0.15, 0.2) is 47.4 Å². The van der Waals surface area contributed by atoms with Gasteiger partial charge in [0.15, 0.2) is 0 Å². The monoisotopic (exact) mass is 402 g/mol. The fourth-order valence-electron chi connectivity index (χ4n) is 3.46. The predicted molar refractivity (Wildman–Crippen MR) is 109 cm³/mol. The Labute approximate surface area is 167 Å². The van der Waals surface area contributed by atoms with Crippen molar-refractivity contribution in [1.82, 2.24) is 9.78 Å². The lowest BCUT2D eigenvalue weighted by Crippen LogP contribution is -2.13. The van der Waals surface area contributed by atoms with E-state index in [1.165, 1.54) is 16.5 Å². The number of hydrogen-bond acceptors (Lipinski definition) is 3. The molecule has 3 nitrogen and oxygen atoms in total. The Balaban J connectivity index is 1.88. The van der Waals surface area contributed by atoms with E-state index in [4.69, 9.17) is 21.4 Å². The van der Waals surface area contributed by atoms with Crippen LogP contribution in [0.4, 0.5) is 4.39 Å². The molecular weight excluding hydrogens is 383 g/mol. The number of benzene rings is 2. The van der Waals surface area contributed by atoms with Crippen LogP contribution in [-0.2, 0) is 17.6 Å². The zero-order chi connectivity index (χ0) is 19.0. The molecule has 2 aromatic carbocycles. The fraction of sp³-hybridized carbons (Fsp3) is 0.286. The van der Waals surface area contributed by atoms with Gasteiger partial charge in [0.05, 0.1) is 34.8 Å². The van der Waals surface area contributed by atoms with E-state index in [-0.39, 0.29) is 11.1 Å². The molecule has 27 heavy (non-hydrogen) atoms. The summed E-state index contributed by atoms with van der Waals surface area (Å²) < 4.78 is 21.4. The third kappa shape index (κ3) is 3.64. The van der Waals surface area contributed by atoms with Gasteiger partial charge in [-0.05, 0) is 49.9 Å². The van der Waals surface area contributed by atoms with Gasteiger partial charge in [0, 0.05) is 22.4 Å². The van der Waals surface area contributed by atoms with Crippen molar-refractivity contribution in [1.29, 1.82) is 0 Å². The van der Waals surface area contributed by atoms with Gasteiger partial charge in [0.1, 0.15) is 5.82 Å². The second-order valence-electron chi connectivity index (χ2n) is 6.65. The second-order valence-corrected chi connectivity index (χ2v) is 7.93. The van der Waals surface area contributed by atoms with Crippen molar-refractivity contribution in [2.75, 3.05) is 12.9 Å². The largest absolute Gasteiger partial charge is 0.378 e. The topological polar surface area (TPSA) is 27.1 Å². The molecule has 0 aliphatic carbocycles. The smallest absolute Gasteiger partial charge is 0.141 e. The Morgan fingerprint density at radius 2 is 2.00 bits per heavy atom. The zero-order valence-electron chi connectivity index (χ0n) is 15.2. The normalized spacial score (nSPS) is 16.8. The highest BCUT2D eigenvalue weighted by Gasteiger charge is 2.24. The highest BCUT2D eigenvalue weighted by Crippen LogP contribution is 2.32. The highest BCUT2D eigenvalue weighted by molar-refractivity contribution is 7.98. The van der Waals surface area contributed by atoms with Crippen molar-refractivity contribution in [2.24, 2.45) is 0 Å². The summed E-state index contributed by atoms with van der Waals surface area (Å²) in [6.45, 7) is 2.73. The molecule has 4 rings (SSSR count). The lowest BCUT2D eigenvalue weighted by atomic mass is 10.0. The molecule has 0 saturated carbocycles. The van der Waals surface area contributed by atoms with Gasteiger partial charge in [-0.15, -0.1) is 11.8 Å². The minimum absolute atomic E-state index is 0.0977. The molecule has 0 radical (unpaired) electrons. The van der Waals surface area contributed by atoms with E-state index in [9.17, 15) is 4.39 Å². The van der Waals surface area contributed by atoms with Gasteiger partial charge in [0.25, 0.3) is 0 Å². The number of rotatable bonds is 3. The van der Waals surface area contributed by atoms with E-state index in [2.05, 4.69) is 37.4 Å². The second kappa shape index (κ2) is 7.66. The summed E-state index contributed by atoms with van der Waals surface area (Å²) in [5.74, 6) is -0.428. The van der Waals surface area contributed by atoms with E-state index >= 15 is 0 Å². The van der Waals surface area contributed by atoms with Crippen LogP contribution in [0.2, 0.25) is 5.02 Å². The Morgan fingerprint density at radius 3 is 2.70 bits per heavy atom. The van der Waals surface area contributed by atoms with Crippen LogP contribution < -0.4 is 0 Å². The molecule has 1 aliphatic rings. The van der Waals surface area contributed by atoms with Crippen molar-refractivity contribution in [2.45, 2.75) is 30.8 Å². The first kappa shape index (κ1) is 18.5. The number of hydrogen-bond donors (Lipinski definition) is 0. The first-order valence-corrected chi connectivity index (χ1v) is 10.5. The number of ether oxygens (including phenoxy) is 1. The molecule has 2 heterocycles. The van der Waals surface area contributed by atoms with Crippen LogP contribution in [0.1, 0.15) is 18.2 Å². The van der Waals surface area contributed by atoms with Crippen molar-refractivity contribution < 1.29 is 9.13 Å². The molecule has 0 amide bonds. The third-order valence-electron chi connectivity index (χ3n) is 4.84. The molecule has 3 aromatic rings. The highest BCUT2D eigenvalue weighted by atomic mass is 35.5. The summed E-state index contributed by atoms with van der Waals surface area (Å²) in [5.41, 5.74) is 5.09. The van der Waals surface area contributed by atoms with Crippen molar-refractivity contribution in [3.63, 3.8) is 0 Å². The first-order chi connectivity index (χ1) is 13.1. The quantitative estimate of drug-likeness (QED) is 0.537. The van der Waals surface area contributed by atoms with E-state index < -0.39 is 5.82 Å². The van der Waals surface area contributed by atoms with E-state index in [0.717, 1.165) is 35.5 Å². The van der Waals surface area contributed by atoms with Crippen LogP contribution in [0.25, 0.3) is 16.9 Å². The van der Waals surface area contributed by atoms with Crippen molar-refractivity contribution in [3.8, 4) is 16.9 Å². The van der Waals surface area contributed by atoms with Gasteiger partial charge in [-0.25, -0.2) is 9.07 Å². The number of halogens is 2. The molecule has 0 fully saturated rings. The Hall–Kier alpha value is -1.82. The molecule has 1 aliphatic heterocycles. The molecule has 0 bridgehead atoms. The third-order valence-corrected chi connectivity index (χ3v) is 5.87.